The van der Waals surface area contributed by atoms with Crippen LogP contribution in [0.5, 0.6) is 0 Å². The molecule has 5 rings (SSSR count). The molecule has 0 saturated carbocycles. The lowest BCUT2D eigenvalue weighted by atomic mass is 9.89. The first-order valence-electron chi connectivity index (χ1n) is 16.8. The van der Waals surface area contributed by atoms with Gasteiger partial charge in [-0.05, 0) is 37.0 Å². The maximum atomic E-state index is 14.9. The summed E-state index contributed by atoms with van der Waals surface area (Å²) in [4.78, 5) is 59.1. The van der Waals surface area contributed by atoms with Crippen LogP contribution in [0, 0.1) is 23.5 Å². The van der Waals surface area contributed by atoms with E-state index in [0.29, 0.717) is 38.4 Å². The number of aliphatic hydroxyl groups excluding tert-OH is 1. The van der Waals surface area contributed by atoms with Crippen molar-refractivity contribution in [1.82, 2.24) is 35.7 Å². The maximum Gasteiger partial charge on any atom is 0.407 e. The first-order chi connectivity index (χ1) is 24.6. The largest absolute Gasteiger partial charge is 0.447 e. The molecule has 1 aromatic carbocycles. The third-order valence-corrected chi connectivity index (χ3v) is 8.86. The molecule has 0 radical (unpaired) electrons. The Morgan fingerprint density at radius 2 is 1.88 bits per heavy atom. The number of benzene rings is 1. The van der Waals surface area contributed by atoms with E-state index in [1.54, 1.807) is 0 Å². The maximum absolute atomic E-state index is 14.9. The van der Waals surface area contributed by atoms with E-state index in [0.717, 1.165) is 23.1 Å². The van der Waals surface area contributed by atoms with Crippen molar-refractivity contribution in [2.45, 2.75) is 31.2 Å². The van der Waals surface area contributed by atoms with Crippen LogP contribution >= 0.6 is 0 Å². The standard InChI is InChI=1S/C33H42F3N7O8/c34-22-1-2-25(35)24(13-22)27-17-39-31(41-27)30(20-5-9-49-10-6-20)43(18-21-14-37-16-26(21)36)32(47)40-15-23(44)19-51-33(48)38-7-11-50-12-8-42-28(45)3-4-29(42)46/h1-4,13,17,20-21,23,26,30,37,44H,5-12,14-16,18-19H2,(H,38,48)(H,39,41)(H,40,47). The number of amides is 5. The first-order valence-corrected chi connectivity index (χ1v) is 16.8. The summed E-state index contributed by atoms with van der Waals surface area (Å²) in [5, 5.41) is 18.6. The molecule has 51 heavy (non-hydrogen) atoms. The number of H-pyrrole nitrogens is 1. The van der Waals surface area contributed by atoms with Gasteiger partial charge in [0.15, 0.2) is 0 Å². The third kappa shape index (κ3) is 10.3. The van der Waals surface area contributed by atoms with Gasteiger partial charge in [-0.1, -0.05) is 0 Å². The highest BCUT2D eigenvalue weighted by molar-refractivity contribution is 6.12. The van der Waals surface area contributed by atoms with Gasteiger partial charge >= 0.3 is 12.1 Å². The number of hydrogen-bond acceptors (Lipinski definition) is 10. The van der Waals surface area contributed by atoms with Gasteiger partial charge < -0.3 is 45.2 Å². The lowest BCUT2D eigenvalue weighted by Crippen LogP contribution is -2.50. The van der Waals surface area contributed by atoms with Crippen molar-refractivity contribution >= 4 is 23.9 Å². The number of halogens is 3. The quantitative estimate of drug-likeness (QED) is 0.125. The first kappa shape index (κ1) is 37.7. The number of carbonyl (C=O) groups excluding carboxylic acids is 4. The molecule has 4 atom stereocenters. The molecule has 18 heteroatoms. The summed E-state index contributed by atoms with van der Waals surface area (Å²) in [6.07, 6.45) is 1.45. The van der Waals surface area contributed by atoms with Crippen molar-refractivity contribution in [1.29, 1.82) is 0 Å². The second kappa shape index (κ2) is 18.1. The van der Waals surface area contributed by atoms with Gasteiger partial charge in [0.2, 0.25) is 0 Å². The van der Waals surface area contributed by atoms with Crippen molar-refractivity contribution in [3.8, 4) is 11.3 Å². The number of rotatable bonds is 16. The van der Waals surface area contributed by atoms with E-state index in [4.69, 9.17) is 14.2 Å². The van der Waals surface area contributed by atoms with Crippen LogP contribution in [0.25, 0.3) is 11.3 Å². The molecule has 2 fully saturated rings. The Bertz CT molecular complexity index is 1540. The summed E-state index contributed by atoms with van der Waals surface area (Å²) in [6.45, 7) is 0.808. The number of imide groups is 1. The summed E-state index contributed by atoms with van der Waals surface area (Å²) < 4.78 is 59.4. The Hall–Kier alpha value is -4.52. The summed E-state index contributed by atoms with van der Waals surface area (Å²) in [5.41, 5.74) is 0.167. The smallest absolute Gasteiger partial charge is 0.407 e. The molecule has 15 nitrogen and oxygen atoms in total. The minimum Gasteiger partial charge on any atom is -0.447 e. The predicted octanol–water partition coefficient (Wildman–Crippen LogP) is 1.42. The fraction of sp³-hybridized carbons (Fsp3) is 0.545. The minimum atomic E-state index is -1.29. The second-order valence-corrected chi connectivity index (χ2v) is 12.4. The molecule has 2 saturated heterocycles. The van der Waals surface area contributed by atoms with Crippen molar-refractivity contribution in [3.63, 3.8) is 0 Å². The van der Waals surface area contributed by atoms with Crippen LogP contribution in [0.1, 0.15) is 24.7 Å². The fourth-order valence-corrected chi connectivity index (χ4v) is 6.16. The Kier molecular flexibility index (Phi) is 13.4. The van der Waals surface area contributed by atoms with E-state index in [2.05, 4.69) is 25.9 Å². The summed E-state index contributed by atoms with van der Waals surface area (Å²) >= 11 is 0. The van der Waals surface area contributed by atoms with Gasteiger partial charge in [0, 0.05) is 69.6 Å². The van der Waals surface area contributed by atoms with Crippen LogP contribution in [0.4, 0.5) is 22.8 Å². The molecule has 4 unspecified atom stereocenters. The van der Waals surface area contributed by atoms with E-state index in [1.165, 1.54) is 23.2 Å². The average Bonchev–Trinajstić information content (AvgIpc) is 3.86. The molecule has 5 N–H and O–H groups in total. The van der Waals surface area contributed by atoms with Gasteiger partial charge in [0.25, 0.3) is 11.8 Å². The lowest BCUT2D eigenvalue weighted by molar-refractivity contribution is -0.137. The number of ether oxygens (including phenoxy) is 3. The number of nitrogens with zero attached hydrogens (tertiary/aromatic N) is 3. The highest BCUT2D eigenvalue weighted by Crippen LogP contribution is 2.36. The topological polar surface area (TPSA) is 187 Å². The monoisotopic (exact) mass is 721 g/mol. The molecule has 3 aliphatic rings. The number of aromatic amines is 1. The van der Waals surface area contributed by atoms with Crippen LogP contribution in [0.15, 0.2) is 36.5 Å². The van der Waals surface area contributed by atoms with Crippen LogP contribution in [-0.4, -0.2) is 133 Å². The summed E-state index contributed by atoms with van der Waals surface area (Å²) in [5.74, 6) is -2.56. The van der Waals surface area contributed by atoms with Crippen molar-refractivity contribution in [3.05, 3.63) is 54.0 Å². The van der Waals surface area contributed by atoms with Gasteiger partial charge in [-0.3, -0.25) is 14.5 Å². The van der Waals surface area contributed by atoms with Crippen LogP contribution in [0.2, 0.25) is 0 Å². The molecule has 1 aromatic heterocycles. The van der Waals surface area contributed by atoms with Gasteiger partial charge in [-0.15, -0.1) is 0 Å². The number of carbonyl (C=O) groups is 4. The number of imidazole rings is 1. The van der Waals surface area contributed by atoms with Crippen LogP contribution < -0.4 is 16.0 Å². The normalized spacial score (nSPS) is 20.4. The highest BCUT2D eigenvalue weighted by atomic mass is 19.1. The highest BCUT2D eigenvalue weighted by Gasteiger charge is 2.39. The van der Waals surface area contributed by atoms with Crippen LogP contribution in [-0.2, 0) is 23.8 Å². The van der Waals surface area contributed by atoms with Gasteiger partial charge in [-0.2, -0.15) is 0 Å². The SMILES string of the molecule is O=C(NCCOCCN1C(=O)C=CC1=O)OCC(O)CNC(=O)N(CC1CNCC1F)C(c1ncc(-c2cc(F)ccc2F)[nH]1)C1CCOCC1. The van der Waals surface area contributed by atoms with Crippen molar-refractivity contribution in [2.75, 3.05) is 72.3 Å². The number of alkyl carbamates (subject to hydrolysis) is 1. The third-order valence-electron chi connectivity index (χ3n) is 8.86. The molecule has 5 amide bonds. The predicted molar refractivity (Wildman–Crippen MR) is 174 cm³/mol. The molecule has 0 spiro atoms. The lowest BCUT2D eigenvalue weighted by Gasteiger charge is -2.39. The molecule has 278 valence electrons. The van der Waals surface area contributed by atoms with Gasteiger partial charge in [0.1, 0.15) is 36.3 Å². The number of aromatic nitrogens is 2. The molecule has 4 heterocycles. The number of aliphatic hydroxyl groups is 1. The summed E-state index contributed by atoms with van der Waals surface area (Å²) in [6, 6.07) is 1.69. The number of urea groups is 1. The fourth-order valence-electron chi connectivity index (χ4n) is 6.16. The zero-order chi connectivity index (χ0) is 36.3. The zero-order valence-electron chi connectivity index (χ0n) is 27.8. The number of nitrogens with one attached hydrogen (secondary N) is 4. The van der Waals surface area contributed by atoms with E-state index in [9.17, 15) is 37.5 Å². The van der Waals surface area contributed by atoms with Gasteiger partial charge in [-0.25, -0.2) is 27.7 Å². The Balaban J connectivity index is 1.17. The molecular formula is C33H42F3N7O8. The Morgan fingerprint density at radius 1 is 1.12 bits per heavy atom. The zero-order valence-corrected chi connectivity index (χ0v) is 27.8. The van der Waals surface area contributed by atoms with E-state index < -0.39 is 66.4 Å². The van der Waals surface area contributed by atoms with Gasteiger partial charge in [0.05, 0.1) is 37.7 Å². The van der Waals surface area contributed by atoms with E-state index in [1.807, 2.05) is 0 Å². The summed E-state index contributed by atoms with van der Waals surface area (Å²) in [7, 11) is 0. The van der Waals surface area contributed by atoms with Crippen molar-refractivity contribution < 1.29 is 51.7 Å². The van der Waals surface area contributed by atoms with Crippen LogP contribution in [0.3, 0.4) is 0 Å². The molecule has 0 aliphatic carbocycles. The number of alkyl halides is 1. The average molecular weight is 722 g/mol. The molecule has 3 aliphatic heterocycles. The number of hydrogen-bond donors (Lipinski definition) is 5. The second-order valence-electron chi connectivity index (χ2n) is 12.4. The van der Waals surface area contributed by atoms with E-state index in [-0.39, 0.29) is 63.1 Å². The van der Waals surface area contributed by atoms with Crippen molar-refractivity contribution in [2.24, 2.45) is 11.8 Å². The minimum absolute atomic E-state index is 0.00894. The molecule has 2 aromatic rings. The Labute approximate surface area is 291 Å². The van der Waals surface area contributed by atoms with E-state index >= 15 is 0 Å². The Morgan fingerprint density at radius 3 is 2.61 bits per heavy atom. The molecule has 0 bridgehead atoms. The molecular weight excluding hydrogens is 679 g/mol.